The number of aromatic hydroxyl groups is 1. The highest BCUT2D eigenvalue weighted by Gasteiger charge is 2.28. The van der Waals surface area contributed by atoms with Crippen molar-refractivity contribution in [2.24, 2.45) is 0 Å². The Hall–Kier alpha value is -1.06. The Morgan fingerprint density at radius 1 is 1.29 bits per heavy atom. The molecular formula is C11H14O3. The number of ether oxygens (including phenoxy) is 1. The molecule has 0 fully saturated rings. The molecular weight excluding hydrogens is 180 g/mol. The summed E-state index contributed by atoms with van der Waals surface area (Å²) in [4.78, 5) is 0. The van der Waals surface area contributed by atoms with Gasteiger partial charge in [-0.25, -0.2) is 0 Å². The van der Waals surface area contributed by atoms with Gasteiger partial charge in [-0.3, -0.25) is 0 Å². The van der Waals surface area contributed by atoms with Crippen molar-refractivity contribution in [3.8, 4) is 5.75 Å². The van der Waals surface area contributed by atoms with Gasteiger partial charge in [0.05, 0.1) is 18.8 Å². The Bertz CT molecular complexity index is 364. The Balaban J connectivity index is 2.63. The fraction of sp³-hybridized carbons (Fsp3) is 0.455. The van der Waals surface area contributed by atoms with E-state index in [9.17, 15) is 10.2 Å². The molecule has 0 aliphatic carbocycles. The lowest BCUT2D eigenvalue weighted by Crippen LogP contribution is -2.18. The van der Waals surface area contributed by atoms with Gasteiger partial charge in [0.25, 0.3) is 0 Å². The van der Waals surface area contributed by atoms with Crippen LogP contribution in [0.15, 0.2) is 12.1 Å². The van der Waals surface area contributed by atoms with Crippen molar-refractivity contribution in [1.29, 1.82) is 0 Å². The van der Waals surface area contributed by atoms with E-state index in [-0.39, 0.29) is 5.75 Å². The third-order valence-electron chi connectivity index (χ3n) is 2.50. The number of phenolic OH excluding ortho intramolecular Hbond substituents is 1. The Morgan fingerprint density at radius 3 is 2.64 bits per heavy atom. The van der Waals surface area contributed by atoms with Gasteiger partial charge in [0.1, 0.15) is 5.75 Å². The largest absolute Gasteiger partial charge is 0.508 e. The first kappa shape index (κ1) is 9.49. The molecule has 3 heteroatoms. The Labute approximate surface area is 83.0 Å². The number of aliphatic hydroxyl groups is 1. The summed E-state index contributed by atoms with van der Waals surface area (Å²) in [6.07, 6.45) is 0. The summed E-state index contributed by atoms with van der Waals surface area (Å²) in [6.45, 7) is 4.38. The molecule has 1 heterocycles. The van der Waals surface area contributed by atoms with Crippen LogP contribution in [-0.2, 0) is 23.6 Å². The number of hydrogen-bond donors (Lipinski definition) is 2. The Kier molecular flexibility index (Phi) is 2.01. The molecule has 1 aromatic rings. The highest BCUT2D eigenvalue weighted by molar-refractivity contribution is 5.48. The zero-order valence-electron chi connectivity index (χ0n) is 8.37. The van der Waals surface area contributed by atoms with Gasteiger partial charge in [-0.15, -0.1) is 0 Å². The van der Waals surface area contributed by atoms with Crippen molar-refractivity contribution in [3.63, 3.8) is 0 Å². The second-order valence-corrected chi connectivity index (χ2v) is 4.15. The monoisotopic (exact) mass is 194 g/mol. The summed E-state index contributed by atoms with van der Waals surface area (Å²) < 4.78 is 5.28. The molecule has 0 bridgehead atoms. The number of benzene rings is 1. The van der Waals surface area contributed by atoms with Gasteiger partial charge < -0.3 is 14.9 Å². The maximum absolute atomic E-state index is 9.92. The molecule has 2 N–H and O–H groups in total. The van der Waals surface area contributed by atoms with Crippen LogP contribution in [0.25, 0.3) is 0 Å². The molecule has 14 heavy (non-hydrogen) atoms. The Morgan fingerprint density at radius 2 is 2.00 bits per heavy atom. The molecule has 0 atom stereocenters. The normalized spacial score (nSPS) is 15.6. The van der Waals surface area contributed by atoms with E-state index in [0.29, 0.717) is 18.8 Å². The van der Waals surface area contributed by atoms with Crippen LogP contribution in [0.1, 0.15) is 30.5 Å². The van der Waals surface area contributed by atoms with Crippen LogP contribution < -0.4 is 0 Å². The minimum Gasteiger partial charge on any atom is -0.508 e. The highest BCUT2D eigenvalue weighted by Crippen LogP contribution is 2.36. The fourth-order valence-electron chi connectivity index (χ4n) is 1.92. The van der Waals surface area contributed by atoms with Crippen LogP contribution in [0.3, 0.4) is 0 Å². The summed E-state index contributed by atoms with van der Waals surface area (Å²) in [5, 5.41) is 19.6. The van der Waals surface area contributed by atoms with Crippen molar-refractivity contribution < 1.29 is 14.9 Å². The van der Waals surface area contributed by atoms with E-state index in [1.165, 1.54) is 0 Å². The van der Waals surface area contributed by atoms with Crippen LogP contribution in [0.5, 0.6) is 5.75 Å². The average Bonchev–Trinajstić information content (AvgIpc) is 2.48. The molecule has 0 aromatic heterocycles. The van der Waals surface area contributed by atoms with E-state index in [0.717, 1.165) is 11.1 Å². The first-order valence-corrected chi connectivity index (χ1v) is 4.64. The third kappa shape index (κ3) is 1.38. The van der Waals surface area contributed by atoms with Crippen molar-refractivity contribution in [1.82, 2.24) is 0 Å². The van der Waals surface area contributed by atoms with Gasteiger partial charge in [-0.05, 0) is 31.0 Å². The van der Waals surface area contributed by atoms with E-state index in [1.54, 1.807) is 19.9 Å². The van der Waals surface area contributed by atoms with Gasteiger partial charge in [0, 0.05) is 5.56 Å². The maximum atomic E-state index is 9.92. The molecule has 0 amide bonds. The number of phenols is 1. The molecule has 0 unspecified atom stereocenters. The number of fused-ring (bicyclic) bond motifs is 1. The summed E-state index contributed by atoms with van der Waals surface area (Å²) in [5.41, 5.74) is 1.55. The maximum Gasteiger partial charge on any atom is 0.122 e. The molecule has 0 spiro atoms. The van der Waals surface area contributed by atoms with Gasteiger partial charge in [-0.2, -0.15) is 0 Å². The van der Waals surface area contributed by atoms with Gasteiger partial charge in [0.2, 0.25) is 0 Å². The van der Waals surface area contributed by atoms with Crippen LogP contribution >= 0.6 is 0 Å². The highest BCUT2D eigenvalue weighted by atomic mass is 16.5. The molecule has 76 valence electrons. The molecule has 0 radical (unpaired) electrons. The summed E-state index contributed by atoms with van der Waals surface area (Å²) in [6, 6.07) is 3.45. The molecule has 1 aliphatic heterocycles. The smallest absolute Gasteiger partial charge is 0.122 e. The molecule has 1 aromatic carbocycles. The van der Waals surface area contributed by atoms with Crippen LogP contribution in [0, 0.1) is 0 Å². The minimum atomic E-state index is -1.02. The van der Waals surface area contributed by atoms with E-state index in [4.69, 9.17) is 4.74 Å². The summed E-state index contributed by atoms with van der Waals surface area (Å²) in [7, 11) is 0. The zero-order chi connectivity index (χ0) is 10.3. The second-order valence-electron chi connectivity index (χ2n) is 4.15. The molecule has 0 saturated carbocycles. The lowest BCUT2D eigenvalue weighted by atomic mass is 9.90. The lowest BCUT2D eigenvalue weighted by molar-refractivity contribution is 0.0722. The predicted octanol–water partition coefficient (Wildman–Crippen LogP) is 1.65. The standard InChI is InChI=1S/C11H14O3/c1-11(2,13)10-8-6-14-5-7(8)3-4-9(10)12/h3-4,12-13H,5-6H2,1-2H3. The predicted molar refractivity (Wildman–Crippen MR) is 51.8 cm³/mol. The van der Waals surface area contributed by atoms with Crippen molar-refractivity contribution in [2.75, 3.05) is 0 Å². The molecule has 0 saturated heterocycles. The van der Waals surface area contributed by atoms with E-state index >= 15 is 0 Å². The van der Waals surface area contributed by atoms with Gasteiger partial charge >= 0.3 is 0 Å². The van der Waals surface area contributed by atoms with Gasteiger partial charge in [-0.1, -0.05) is 6.07 Å². The second kappa shape index (κ2) is 2.97. The average molecular weight is 194 g/mol. The molecule has 1 aliphatic rings. The van der Waals surface area contributed by atoms with Crippen molar-refractivity contribution in [3.05, 3.63) is 28.8 Å². The quantitative estimate of drug-likeness (QED) is 0.714. The van der Waals surface area contributed by atoms with Crippen molar-refractivity contribution >= 4 is 0 Å². The third-order valence-corrected chi connectivity index (χ3v) is 2.50. The summed E-state index contributed by atoms with van der Waals surface area (Å²) >= 11 is 0. The number of hydrogen-bond acceptors (Lipinski definition) is 3. The number of rotatable bonds is 1. The van der Waals surface area contributed by atoms with E-state index in [2.05, 4.69) is 0 Å². The van der Waals surface area contributed by atoms with Gasteiger partial charge in [0.15, 0.2) is 0 Å². The first-order valence-electron chi connectivity index (χ1n) is 4.64. The van der Waals surface area contributed by atoms with Crippen LogP contribution in [0.4, 0.5) is 0 Å². The molecule has 2 rings (SSSR count). The van der Waals surface area contributed by atoms with Crippen LogP contribution in [-0.4, -0.2) is 10.2 Å². The van der Waals surface area contributed by atoms with E-state index < -0.39 is 5.60 Å². The minimum absolute atomic E-state index is 0.141. The first-order chi connectivity index (χ1) is 6.50. The van der Waals surface area contributed by atoms with Crippen molar-refractivity contribution in [2.45, 2.75) is 32.7 Å². The molecule has 3 nitrogen and oxygen atoms in total. The van der Waals surface area contributed by atoms with E-state index in [1.807, 2.05) is 6.07 Å². The SMILES string of the molecule is CC(C)(O)c1c(O)ccc2c1COC2. The lowest BCUT2D eigenvalue weighted by Gasteiger charge is -2.22. The summed E-state index contributed by atoms with van der Waals surface area (Å²) in [5.74, 6) is 0.141. The van der Waals surface area contributed by atoms with Crippen LogP contribution in [0.2, 0.25) is 0 Å². The topological polar surface area (TPSA) is 49.7 Å². The zero-order valence-corrected chi connectivity index (χ0v) is 8.37. The fourth-order valence-corrected chi connectivity index (χ4v) is 1.92.